The molecular weight excluding hydrogens is 340 g/mol. The fourth-order valence-corrected chi connectivity index (χ4v) is 6.61. The third-order valence-corrected chi connectivity index (χ3v) is 8.67. The van der Waals surface area contributed by atoms with Crippen molar-refractivity contribution in [2.75, 3.05) is 6.61 Å². The summed E-state index contributed by atoms with van der Waals surface area (Å²) in [6.07, 6.45) is 17.0. The van der Waals surface area contributed by atoms with Crippen LogP contribution in [0.3, 0.4) is 0 Å². The van der Waals surface area contributed by atoms with Gasteiger partial charge in [0.05, 0.1) is 0 Å². The molecule has 160 valence electrons. The van der Waals surface area contributed by atoms with Crippen molar-refractivity contribution in [2.24, 2.45) is 34.5 Å². The minimum absolute atomic E-state index is 0.283. The van der Waals surface area contributed by atoms with Gasteiger partial charge in [-0.25, -0.2) is 0 Å². The van der Waals surface area contributed by atoms with E-state index in [-0.39, 0.29) is 12.0 Å². The molecule has 2 aliphatic carbocycles. The summed E-state index contributed by atoms with van der Waals surface area (Å²) in [6.45, 7) is 18.7. The minimum Gasteiger partial charge on any atom is -0.396 e. The lowest BCUT2D eigenvalue weighted by Gasteiger charge is -2.47. The maximum absolute atomic E-state index is 9.49. The van der Waals surface area contributed by atoms with Gasteiger partial charge in [0.15, 0.2) is 0 Å². The summed E-state index contributed by atoms with van der Waals surface area (Å²) >= 11 is 0. The lowest BCUT2D eigenvalue weighted by atomic mass is 9.58. The van der Waals surface area contributed by atoms with Gasteiger partial charge in [-0.3, -0.25) is 0 Å². The smallest absolute Gasteiger partial charge is 0.0468 e. The Morgan fingerprint density at radius 1 is 1.29 bits per heavy atom. The van der Waals surface area contributed by atoms with Gasteiger partial charge < -0.3 is 5.11 Å². The van der Waals surface area contributed by atoms with Crippen molar-refractivity contribution in [2.45, 2.75) is 92.9 Å². The van der Waals surface area contributed by atoms with Crippen LogP contribution in [0.15, 0.2) is 36.0 Å². The third kappa shape index (κ3) is 4.84. The molecule has 0 bridgehead atoms. The van der Waals surface area contributed by atoms with Crippen LogP contribution in [0.1, 0.15) is 92.9 Å². The molecule has 0 aromatic heterocycles. The molecule has 1 heteroatoms. The highest BCUT2D eigenvalue weighted by atomic mass is 16.3. The Morgan fingerprint density at radius 2 is 2.00 bits per heavy atom. The summed E-state index contributed by atoms with van der Waals surface area (Å²) in [5.74, 6) is 3.07. The van der Waals surface area contributed by atoms with Crippen molar-refractivity contribution >= 4 is 0 Å². The fourth-order valence-electron chi connectivity index (χ4n) is 6.61. The van der Waals surface area contributed by atoms with Gasteiger partial charge in [0, 0.05) is 6.61 Å². The van der Waals surface area contributed by atoms with Crippen LogP contribution < -0.4 is 0 Å². The summed E-state index contributed by atoms with van der Waals surface area (Å²) in [5.41, 5.74) is 3.48. The molecule has 0 saturated heterocycles. The Bertz CT molecular complexity index is 585. The van der Waals surface area contributed by atoms with Gasteiger partial charge in [0.1, 0.15) is 0 Å². The molecule has 0 heterocycles. The van der Waals surface area contributed by atoms with Gasteiger partial charge >= 0.3 is 0 Å². The molecular formula is C27H46O. The Balaban J connectivity index is 2.18. The quantitative estimate of drug-likeness (QED) is 0.402. The lowest BCUT2D eigenvalue weighted by Crippen LogP contribution is -2.38. The number of hydrogen-bond donors (Lipinski definition) is 1. The molecule has 1 fully saturated rings. The molecule has 0 radical (unpaired) electrons. The van der Waals surface area contributed by atoms with Crippen molar-refractivity contribution in [3.8, 4) is 0 Å². The van der Waals surface area contributed by atoms with Gasteiger partial charge in [0.2, 0.25) is 0 Å². The van der Waals surface area contributed by atoms with E-state index in [2.05, 4.69) is 66.3 Å². The minimum atomic E-state index is 0.283. The van der Waals surface area contributed by atoms with E-state index in [1.54, 1.807) is 0 Å². The second-order valence-corrected chi connectivity index (χ2v) is 10.4. The Morgan fingerprint density at radius 3 is 2.57 bits per heavy atom. The van der Waals surface area contributed by atoms with E-state index in [9.17, 15) is 5.11 Å². The van der Waals surface area contributed by atoms with Gasteiger partial charge in [-0.05, 0) is 86.4 Å². The maximum Gasteiger partial charge on any atom is 0.0468 e. The van der Waals surface area contributed by atoms with Crippen molar-refractivity contribution in [1.29, 1.82) is 0 Å². The van der Waals surface area contributed by atoms with E-state index in [4.69, 9.17) is 0 Å². The highest BCUT2D eigenvalue weighted by molar-refractivity contribution is 5.19. The van der Waals surface area contributed by atoms with E-state index in [1.165, 1.54) is 49.7 Å². The molecule has 28 heavy (non-hydrogen) atoms. The summed E-state index contributed by atoms with van der Waals surface area (Å²) in [7, 11) is 0. The van der Waals surface area contributed by atoms with Crippen molar-refractivity contribution in [1.82, 2.24) is 0 Å². The molecule has 0 aromatic rings. The van der Waals surface area contributed by atoms with Gasteiger partial charge in [-0.1, -0.05) is 77.0 Å². The first-order valence-corrected chi connectivity index (χ1v) is 11.8. The number of allylic oxidation sites excluding steroid dienone is 4. The highest BCUT2D eigenvalue weighted by Crippen LogP contribution is 2.59. The number of rotatable bonds is 9. The zero-order chi connectivity index (χ0) is 20.9. The van der Waals surface area contributed by atoms with Crippen molar-refractivity contribution in [3.05, 3.63) is 36.0 Å². The van der Waals surface area contributed by atoms with Crippen LogP contribution >= 0.6 is 0 Å². The molecule has 1 saturated carbocycles. The largest absolute Gasteiger partial charge is 0.396 e. The third-order valence-electron chi connectivity index (χ3n) is 8.67. The van der Waals surface area contributed by atoms with Crippen LogP contribution in [-0.4, -0.2) is 11.7 Å². The molecule has 0 aliphatic heterocycles. The molecule has 1 N–H and O–H groups in total. The average Bonchev–Trinajstić information content (AvgIpc) is 3.01. The first kappa shape index (κ1) is 23.5. The van der Waals surface area contributed by atoms with Crippen molar-refractivity contribution < 1.29 is 5.11 Å². The molecule has 0 spiro atoms. The number of hydrogen-bond acceptors (Lipinski definition) is 1. The molecule has 0 unspecified atom stereocenters. The SMILES string of the molecule is C=C(C)C/C=C/[C@@H](C)[C@H]1CC[C@@H]([C@@H]2CC=C(CCO)[C@](C)(CC)C2)[C@]1(C)CC. The maximum atomic E-state index is 9.49. The number of aliphatic hydroxyl groups excluding tert-OH is 1. The van der Waals surface area contributed by atoms with Crippen LogP contribution in [0.25, 0.3) is 0 Å². The van der Waals surface area contributed by atoms with Crippen LogP contribution in [0, 0.1) is 34.5 Å². The predicted molar refractivity (Wildman–Crippen MR) is 123 cm³/mol. The first-order chi connectivity index (χ1) is 13.2. The monoisotopic (exact) mass is 386 g/mol. The second kappa shape index (κ2) is 9.79. The van der Waals surface area contributed by atoms with Crippen LogP contribution in [-0.2, 0) is 0 Å². The van der Waals surface area contributed by atoms with Gasteiger partial charge in [-0.15, -0.1) is 0 Å². The van der Waals surface area contributed by atoms with Gasteiger partial charge in [0.25, 0.3) is 0 Å². The summed E-state index contributed by atoms with van der Waals surface area (Å²) in [5, 5.41) is 9.49. The Hall–Kier alpha value is -0.820. The standard InChI is InChI=1S/C27H46O/c1-8-26(6)19-22(13-14-23(26)17-18-28)25-16-15-24(27(25,7)9-2)21(5)12-10-11-20(3)4/h10,12,14,21-22,24-25,28H,3,8-9,11,13,15-19H2,1-2,4-7H3/b12-10+/t21-,22-,24-,25+,26-,27-/m1/s1. The molecule has 0 amide bonds. The van der Waals surface area contributed by atoms with Crippen LogP contribution in [0.4, 0.5) is 0 Å². The predicted octanol–water partition coefficient (Wildman–Crippen LogP) is 7.72. The summed E-state index contributed by atoms with van der Waals surface area (Å²) < 4.78 is 0. The Labute approximate surface area is 175 Å². The molecule has 0 aromatic carbocycles. The summed E-state index contributed by atoms with van der Waals surface area (Å²) in [4.78, 5) is 0. The normalized spacial score (nSPS) is 37.2. The Kier molecular flexibility index (Phi) is 8.20. The van der Waals surface area contributed by atoms with Crippen LogP contribution in [0.2, 0.25) is 0 Å². The second-order valence-electron chi connectivity index (χ2n) is 10.4. The van der Waals surface area contributed by atoms with E-state index >= 15 is 0 Å². The molecule has 2 rings (SSSR count). The average molecular weight is 387 g/mol. The lowest BCUT2D eigenvalue weighted by molar-refractivity contribution is 0.0606. The van der Waals surface area contributed by atoms with E-state index < -0.39 is 0 Å². The van der Waals surface area contributed by atoms with E-state index in [1.807, 2.05) is 0 Å². The molecule has 2 aliphatic rings. The highest BCUT2D eigenvalue weighted by Gasteiger charge is 2.50. The zero-order valence-electron chi connectivity index (χ0n) is 19.6. The summed E-state index contributed by atoms with van der Waals surface area (Å²) in [6, 6.07) is 0. The van der Waals surface area contributed by atoms with Gasteiger partial charge in [-0.2, -0.15) is 0 Å². The topological polar surface area (TPSA) is 20.2 Å². The van der Waals surface area contributed by atoms with Crippen LogP contribution in [0.5, 0.6) is 0 Å². The molecule has 1 nitrogen and oxygen atoms in total. The van der Waals surface area contributed by atoms with E-state index in [0.29, 0.717) is 11.3 Å². The number of aliphatic hydroxyl groups is 1. The van der Waals surface area contributed by atoms with E-state index in [0.717, 1.165) is 30.6 Å². The molecule has 6 atom stereocenters. The zero-order valence-corrected chi connectivity index (χ0v) is 19.6. The van der Waals surface area contributed by atoms with Crippen molar-refractivity contribution in [3.63, 3.8) is 0 Å². The fraction of sp³-hybridized carbons (Fsp3) is 0.778. The first-order valence-electron chi connectivity index (χ1n) is 11.8.